The van der Waals surface area contributed by atoms with Crippen molar-refractivity contribution < 1.29 is 29.9 Å². The van der Waals surface area contributed by atoms with Crippen LogP contribution in [0.15, 0.2) is 60.7 Å². The molecule has 0 bridgehead atoms. The van der Waals surface area contributed by atoms with Gasteiger partial charge in [-0.1, -0.05) is 18.2 Å². The predicted molar refractivity (Wildman–Crippen MR) is 139 cm³/mol. The highest BCUT2D eigenvalue weighted by Gasteiger charge is 2.29. The van der Waals surface area contributed by atoms with E-state index in [1.54, 1.807) is 56.7 Å². The molecule has 0 atom stereocenters. The summed E-state index contributed by atoms with van der Waals surface area (Å²) in [5, 5.41) is 45.1. The lowest BCUT2D eigenvalue weighted by molar-refractivity contribution is 0.403. The zero-order valence-electron chi connectivity index (χ0n) is 19.8. The van der Waals surface area contributed by atoms with Crippen molar-refractivity contribution in [1.82, 2.24) is 0 Å². The van der Waals surface area contributed by atoms with Gasteiger partial charge < -0.3 is 29.9 Å². The molecule has 6 heteroatoms. The van der Waals surface area contributed by atoms with Crippen molar-refractivity contribution in [2.75, 3.05) is 14.2 Å². The molecule has 6 rings (SSSR count). The summed E-state index contributed by atoms with van der Waals surface area (Å²) >= 11 is 0. The minimum absolute atomic E-state index is 0.0642. The van der Waals surface area contributed by atoms with Crippen LogP contribution in [0.4, 0.5) is 0 Å². The van der Waals surface area contributed by atoms with Crippen molar-refractivity contribution in [3.05, 3.63) is 71.8 Å². The van der Waals surface area contributed by atoms with Gasteiger partial charge in [-0.05, 0) is 76.0 Å². The van der Waals surface area contributed by atoms with Crippen molar-refractivity contribution in [2.45, 2.75) is 12.8 Å². The van der Waals surface area contributed by atoms with Crippen molar-refractivity contribution in [3.8, 4) is 56.8 Å². The second kappa shape index (κ2) is 7.99. The van der Waals surface area contributed by atoms with Crippen LogP contribution in [-0.2, 0) is 12.8 Å². The van der Waals surface area contributed by atoms with E-state index in [1.807, 2.05) is 18.2 Å². The van der Waals surface area contributed by atoms with Crippen LogP contribution in [0.2, 0.25) is 0 Å². The smallest absolute Gasteiger partial charge is 0.131 e. The number of aryl methyl sites for hydroxylation is 1. The van der Waals surface area contributed by atoms with Gasteiger partial charge >= 0.3 is 0 Å². The predicted octanol–water partition coefficient (Wildman–Crippen LogP) is 6.27. The molecule has 0 amide bonds. The Balaban J connectivity index is 1.76. The molecule has 0 saturated carbocycles. The van der Waals surface area contributed by atoms with Gasteiger partial charge in [0.1, 0.15) is 34.5 Å². The largest absolute Gasteiger partial charge is 0.508 e. The zero-order chi connectivity index (χ0) is 25.1. The average Bonchev–Trinajstić information content (AvgIpc) is 2.87. The highest BCUT2D eigenvalue weighted by Crippen LogP contribution is 2.53. The number of hydrogen-bond acceptors (Lipinski definition) is 6. The highest BCUT2D eigenvalue weighted by atomic mass is 16.5. The topological polar surface area (TPSA) is 99.4 Å². The second-order valence-corrected chi connectivity index (χ2v) is 9.03. The van der Waals surface area contributed by atoms with E-state index in [0.29, 0.717) is 35.3 Å². The first kappa shape index (κ1) is 21.9. The molecular formula is C30H24O6. The van der Waals surface area contributed by atoms with E-state index in [2.05, 4.69) is 0 Å². The Kier molecular flexibility index (Phi) is 4.86. The number of benzene rings is 5. The third-order valence-corrected chi connectivity index (χ3v) is 7.11. The molecule has 1 aliphatic carbocycles. The van der Waals surface area contributed by atoms with Gasteiger partial charge in [0.2, 0.25) is 0 Å². The molecule has 4 N–H and O–H groups in total. The maximum absolute atomic E-state index is 11.1. The molecule has 0 heterocycles. The van der Waals surface area contributed by atoms with Crippen LogP contribution >= 0.6 is 0 Å². The number of phenols is 4. The molecule has 0 fully saturated rings. The van der Waals surface area contributed by atoms with Gasteiger partial charge in [0.15, 0.2) is 0 Å². The Hall–Kier alpha value is -4.58. The Bertz CT molecular complexity index is 1700. The number of methoxy groups -OCH3 is 2. The lowest BCUT2D eigenvalue weighted by Crippen LogP contribution is -2.08. The van der Waals surface area contributed by atoms with Crippen molar-refractivity contribution in [2.24, 2.45) is 0 Å². The Morgan fingerprint density at radius 2 is 1.28 bits per heavy atom. The number of hydrogen-bond donors (Lipinski definition) is 4. The summed E-state index contributed by atoms with van der Waals surface area (Å²) in [6, 6.07) is 17.2. The van der Waals surface area contributed by atoms with Gasteiger partial charge in [-0.3, -0.25) is 0 Å². The van der Waals surface area contributed by atoms with Crippen LogP contribution in [0.1, 0.15) is 11.1 Å². The van der Waals surface area contributed by atoms with E-state index in [-0.39, 0.29) is 23.0 Å². The summed E-state index contributed by atoms with van der Waals surface area (Å²) < 4.78 is 11.6. The second-order valence-electron chi connectivity index (χ2n) is 9.03. The highest BCUT2D eigenvalue weighted by molar-refractivity contribution is 6.17. The minimum Gasteiger partial charge on any atom is -0.508 e. The average molecular weight is 481 g/mol. The molecule has 5 aromatic rings. The number of ether oxygens (including phenoxy) is 2. The molecule has 6 nitrogen and oxygen atoms in total. The number of fused-ring (bicyclic) bond motifs is 6. The molecule has 0 aromatic heterocycles. The van der Waals surface area contributed by atoms with E-state index in [4.69, 9.17) is 9.47 Å². The van der Waals surface area contributed by atoms with E-state index >= 15 is 0 Å². The summed E-state index contributed by atoms with van der Waals surface area (Å²) in [6.45, 7) is 0. The monoisotopic (exact) mass is 480 g/mol. The third-order valence-electron chi connectivity index (χ3n) is 7.11. The van der Waals surface area contributed by atoms with Gasteiger partial charge in [-0.15, -0.1) is 0 Å². The van der Waals surface area contributed by atoms with Gasteiger partial charge in [0, 0.05) is 34.2 Å². The van der Waals surface area contributed by atoms with Crippen molar-refractivity contribution >= 4 is 21.5 Å². The standard InChI is InChI=1S/C30H24O6/c1-35-25-13-23(33)27-19-9-5-17(31)11-15(19)3-7-21(27)29(25)30-22-8-4-16-12-18(32)6-10-20(16)28(22)24(34)14-26(30)36-2/h3,5-7,9-14,31-34H,4,8H2,1-2H3. The molecule has 0 radical (unpaired) electrons. The molecule has 36 heavy (non-hydrogen) atoms. The summed E-state index contributed by atoms with van der Waals surface area (Å²) in [4.78, 5) is 0. The van der Waals surface area contributed by atoms with Crippen LogP contribution in [0.3, 0.4) is 0 Å². The first-order chi connectivity index (χ1) is 17.4. The van der Waals surface area contributed by atoms with E-state index in [9.17, 15) is 20.4 Å². The Labute approximate surface area is 207 Å². The zero-order valence-corrected chi connectivity index (χ0v) is 19.8. The Morgan fingerprint density at radius 3 is 2.06 bits per heavy atom. The Morgan fingerprint density at radius 1 is 0.611 bits per heavy atom. The fraction of sp³-hybridized carbons (Fsp3) is 0.133. The summed E-state index contributed by atoms with van der Waals surface area (Å²) in [5.41, 5.74) is 4.95. The van der Waals surface area contributed by atoms with Gasteiger partial charge in [0.05, 0.1) is 14.2 Å². The normalized spacial score (nSPS) is 12.4. The van der Waals surface area contributed by atoms with Crippen LogP contribution in [0, 0.1) is 0 Å². The number of rotatable bonds is 3. The van der Waals surface area contributed by atoms with E-state index in [1.165, 1.54) is 0 Å². The molecule has 0 saturated heterocycles. The quantitative estimate of drug-likeness (QED) is 0.227. The van der Waals surface area contributed by atoms with Crippen LogP contribution in [0.5, 0.6) is 34.5 Å². The molecule has 5 aromatic carbocycles. The van der Waals surface area contributed by atoms with Crippen LogP contribution < -0.4 is 9.47 Å². The molecule has 1 aliphatic rings. The van der Waals surface area contributed by atoms with Crippen molar-refractivity contribution in [3.63, 3.8) is 0 Å². The lowest BCUT2D eigenvalue weighted by atomic mass is 9.79. The lowest BCUT2D eigenvalue weighted by Gasteiger charge is -2.27. The third kappa shape index (κ3) is 3.11. The summed E-state index contributed by atoms with van der Waals surface area (Å²) in [6.07, 6.45) is 1.29. The summed E-state index contributed by atoms with van der Waals surface area (Å²) in [7, 11) is 3.12. The maximum atomic E-state index is 11.1. The van der Waals surface area contributed by atoms with Crippen LogP contribution in [0.25, 0.3) is 43.8 Å². The molecule has 180 valence electrons. The fourth-order valence-electron chi connectivity index (χ4n) is 5.59. The summed E-state index contributed by atoms with van der Waals surface area (Å²) in [5.74, 6) is 1.46. The molecule has 0 aliphatic heterocycles. The molecule has 0 unspecified atom stereocenters. The molecular weight excluding hydrogens is 456 g/mol. The number of aromatic hydroxyl groups is 4. The minimum atomic E-state index is 0.0642. The molecule has 0 spiro atoms. The van der Waals surface area contributed by atoms with Crippen LogP contribution in [-0.4, -0.2) is 34.6 Å². The van der Waals surface area contributed by atoms with Crippen molar-refractivity contribution in [1.29, 1.82) is 0 Å². The first-order valence-corrected chi connectivity index (χ1v) is 11.6. The van der Waals surface area contributed by atoms with Gasteiger partial charge in [-0.25, -0.2) is 0 Å². The fourth-order valence-corrected chi connectivity index (χ4v) is 5.59. The maximum Gasteiger partial charge on any atom is 0.131 e. The van der Waals surface area contributed by atoms with E-state index in [0.717, 1.165) is 44.0 Å². The van der Waals surface area contributed by atoms with Gasteiger partial charge in [0.25, 0.3) is 0 Å². The first-order valence-electron chi connectivity index (χ1n) is 11.6. The van der Waals surface area contributed by atoms with E-state index < -0.39 is 0 Å². The van der Waals surface area contributed by atoms with Gasteiger partial charge in [-0.2, -0.15) is 0 Å². The SMILES string of the molecule is COc1cc(O)c2c(c1-c1c(OC)cc(O)c3c1ccc1cc(O)ccc13)CCc1cc(O)ccc1-2. The number of phenolic OH excluding ortho intramolecular Hbond substituents is 4.